The van der Waals surface area contributed by atoms with Gasteiger partial charge >= 0.3 is 0 Å². The van der Waals surface area contributed by atoms with Crippen molar-refractivity contribution in [1.29, 1.82) is 0 Å². The van der Waals surface area contributed by atoms with E-state index in [2.05, 4.69) is 4.72 Å². The summed E-state index contributed by atoms with van der Waals surface area (Å²) in [7, 11) is 0. The molecule has 0 saturated carbocycles. The first-order valence-corrected chi connectivity index (χ1v) is 7.44. The molecule has 1 N–H and O–H groups in total. The lowest BCUT2D eigenvalue weighted by atomic mass is 10.2. The van der Waals surface area contributed by atoms with E-state index < -0.39 is 11.6 Å². The second kappa shape index (κ2) is 7.98. The quantitative estimate of drug-likeness (QED) is 0.712. The van der Waals surface area contributed by atoms with Crippen LogP contribution in [0.4, 0.5) is 18.9 Å². The Kier molecular flexibility index (Phi) is 6.62. The minimum absolute atomic E-state index is 0.0410. The van der Waals surface area contributed by atoms with Crippen LogP contribution in [-0.2, 0) is 0 Å². The molecule has 0 saturated heterocycles. The number of anilines is 1. The largest absolute Gasteiger partial charge is 0.323 e. The van der Waals surface area contributed by atoms with E-state index in [0.717, 1.165) is 11.9 Å². The molecular formula is C16H18F3NS. The fourth-order valence-corrected chi connectivity index (χ4v) is 2.18. The maximum atomic E-state index is 13.7. The molecule has 0 aliphatic rings. The zero-order valence-corrected chi connectivity index (χ0v) is 13.2. The van der Waals surface area contributed by atoms with Crippen LogP contribution in [-0.4, -0.2) is 0 Å². The smallest absolute Gasteiger partial charge is 0.152 e. The van der Waals surface area contributed by atoms with E-state index in [0.29, 0.717) is 10.5 Å². The van der Waals surface area contributed by atoms with Crippen molar-refractivity contribution in [2.75, 3.05) is 4.72 Å². The van der Waals surface area contributed by atoms with E-state index in [1.807, 2.05) is 13.8 Å². The third kappa shape index (κ3) is 4.43. The van der Waals surface area contributed by atoms with E-state index in [1.54, 1.807) is 19.1 Å². The maximum Gasteiger partial charge on any atom is 0.152 e. The van der Waals surface area contributed by atoms with Gasteiger partial charge in [-0.15, -0.1) is 0 Å². The molecule has 0 heterocycles. The van der Waals surface area contributed by atoms with E-state index in [9.17, 15) is 13.2 Å². The summed E-state index contributed by atoms with van der Waals surface area (Å²) >= 11 is 1.07. The summed E-state index contributed by atoms with van der Waals surface area (Å²) in [6.07, 6.45) is 0. The van der Waals surface area contributed by atoms with Gasteiger partial charge in [-0.05, 0) is 55.6 Å². The van der Waals surface area contributed by atoms with Gasteiger partial charge in [0.2, 0.25) is 0 Å². The average molecular weight is 313 g/mol. The minimum atomic E-state index is -0.639. The summed E-state index contributed by atoms with van der Waals surface area (Å²) in [6, 6.07) is 7.24. The molecule has 0 fully saturated rings. The van der Waals surface area contributed by atoms with Crippen LogP contribution < -0.4 is 4.72 Å². The molecule has 1 nitrogen and oxygen atoms in total. The van der Waals surface area contributed by atoms with E-state index >= 15 is 0 Å². The van der Waals surface area contributed by atoms with Gasteiger partial charge in [-0.25, -0.2) is 13.2 Å². The van der Waals surface area contributed by atoms with E-state index in [4.69, 9.17) is 0 Å². The molecule has 0 amide bonds. The predicted octanol–water partition coefficient (Wildman–Crippen LogP) is 5.87. The Morgan fingerprint density at radius 2 is 1.57 bits per heavy atom. The fourth-order valence-electron chi connectivity index (χ4n) is 1.49. The summed E-state index contributed by atoms with van der Waals surface area (Å²) in [6.45, 7) is 7.03. The first-order valence-electron chi connectivity index (χ1n) is 6.62. The summed E-state index contributed by atoms with van der Waals surface area (Å²) in [5.74, 6) is -1.54. The topological polar surface area (TPSA) is 12.0 Å². The van der Waals surface area contributed by atoms with Gasteiger partial charge in [-0.3, -0.25) is 0 Å². The van der Waals surface area contributed by atoms with Crippen LogP contribution in [0, 0.1) is 31.3 Å². The SMILES string of the molecule is CC.Cc1ccc(SNc2ccc(F)c(C)c2F)cc1F. The molecule has 21 heavy (non-hydrogen) atoms. The van der Waals surface area contributed by atoms with Crippen LogP contribution in [0.1, 0.15) is 25.0 Å². The van der Waals surface area contributed by atoms with Crippen molar-refractivity contribution in [3.8, 4) is 0 Å². The molecular weight excluding hydrogens is 295 g/mol. The van der Waals surface area contributed by atoms with Crippen molar-refractivity contribution < 1.29 is 13.2 Å². The Morgan fingerprint density at radius 1 is 0.905 bits per heavy atom. The van der Waals surface area contributed by atoms with Gasteiger partial charge in [0.25, 0.3) is 0 Å². The highest BCUT2D eigenvalue weighted by Crippen LogP contribution is 2.26. The predicted molar refractivity (Wildman–Crippen MR) is 83.1 cm³/mol. The highest BCUT2D eigenvalue weighted by Gasteiger charge is 2.10. The zero-order chi connectivity index (χ0) is 16.0. The molecule has 0 spiro atoms. The van der Waals surface area contributed by atoms with Crippen LogP contribution in [0.15, 0.2) is 35.2 Å². The van der Waals surface area contributed by atoms with Crippen LogP contribution in [0.2, 0.25) is 0 Å². The van der Waals surface area contributed by atoms with Crippen LogP contribution in [0.25, 0.3) is 0 Å². The summed E-state index contributed by atoms with van der Waals surface area (Å²) in [4.78, 5) is 0.615. The second-order valence-electron chi connectivity index (χ2n) is 4.15. The van der Waals surface area contributed by atoms with Crippen LogP contribution in [0.5, 0.6) is 0 Å². The molecule has 5 heteroatoms. The fraction of sp³-hybridized carbons (Fsp3) is 0.250. The first-order chi connectivity index (χ1) is 9.99. The molecule has 0 bridgehead atoms. The lowest BCUT2D eigenvalue weighted by Crippen LogP contribution is -1.96. The Labute approximate surface area is 127 Å². The molecule has 2 aromatic carbocycles. The van der Waals surface area contributed by atoms with Gasteiger partial charge in [-0.1, -0.05) is 19.9 Å². The summed E-state index contributed by atoms with van der Waals surface area (Å²) in [5.41, 5.74) is 0.679. The lowest BCUT2D eigenvalue weighted by molar-refractivity contribution is 0.571. The number of hydrogen-bond donors (Lipinski definition) is 1. The molecule has 0 atom stereocenters. The number of halogens is 3. The molecule has 0 aromatic heterocycles. The monoisotopic (exact) mass is 313 g/mol. The van der Waals surface area contributed by atoms with Gasteiger partial charge in [-0.2, -0.15) is 0 Å². The van der Waals surface area contributed by atoms with Crippen molar-refractivity contribution in [2.45, 2.75) is 32.6 Å². The number of rotatable bonds is 3. The number of benzene rings is 2. The average Bonchev–Trinajstić information content (AvgIpc) is 2.49. The van der Waals surface area contributed by atoms with Crippen LogP contribution in [0.3, 0.4) is 0 Å². The van der Waals surface area contributed by atoms with Crippen molar-refractivity contribution in [2.24, 2.45) is 0 Å². The van der Waals surface area contributed by atoms with Gasteiger partial charge in [0.15, 0.2) is 5.82 Å². The molecule has 2 rings (SSSR count). The van der Waals surface area contributed by atoms with Gasteiger partial charge in [0, 0.05) is 10.5 Å². The molecule has 0 radical (unpaired) electrons. The third-order valence-corrected chi connectivity index (χ3v) is 3.55. The number of nitrogens with one attached hydrogen (secondary N) is 1. The number of hydrogen-bond acceptors (Lipinski definition) is 2. The Balaban J connectivity index is 0.00000106. The normalized spacial score (nSPS) is 9.86. The molecule has 0 aliphatic heterocycles. The highest BCUT2D eigenvalue weighted by atomic mass is 32.2. The first kappa shape index (κ1) is 17.4. The molecule has 0 aliphatic carbocycles. The summed E-state index contributed by atoms with van der Waals surface area (Å²) in [5, 5.41) is 0. The van der Waals surface area contributed by atoms with Crippen molar-refractivity contribution in [3.63, 3.8) is 0 Å². The highest BCUT2D eigenvalue weighted by molar-refractivity contribution is 8.00. The molecule has 2 aromatic rings. The Morgan fingerprint density at radius 3 is 2.19 bits per heavy atom. The van der Waals surface area contributed by atoms with Gasteiger partial charge in [0.05, 0.1) is 5.69 Å². The van der Waals surface area contributed by atoms with Crippen molar-refractivity contribution >= 4 is 17.6 Å². The second-order valence-corrected chi connectivity index (χ2v) is 5.03. The lowest BCUT2D eigenvalue weighted by Gasteiger charge is -2.09. The third-order valence-electron chi connectivity index (χ3n) is 2.74. The van der Waals surface area contributed by atoms with Crippen molar-refractivity contribution in [1.82, 2.24) is 0 Å². The minimum Gasteiger partial charge on any atom is -0.323 e. The van der Waals surface area contributed by atoms with E-state index in [-0.39, 0.29) is 17.1 Å². The standard InChI is InChI=1S/C14H12F3NS.C2H6/c1-8-3-4-10(7-12(8)16)19-18-13-6-5-11(15)9(2)14(13)17;1-2/h3-7,18H,1-2H3;1-2H3. The Hall–Kier alpha value is -1.62. The number of aryl methyl sites for hydroxylation is 1. The maximum absolute atomic E-state index is 13.7. The Bertz CT molecular complexity index is 615. The summed E-state index contributed by atoms with van der Waals surface area (Å²) < 4.78 is 42.9. The van der Waals surface area contributed by atoms with Gasteiger partial charge < -0.3 is 4.72 Å². The van der Waals surface area contributed by atoms with E-state index in [1.165, 1.54) is 25.1 Å². The van der Waals surface area contributed by atoms with Gasteiger partial charge in [0.1, 0.15) is 11.6 Å². The zero-order valence-electron chi connectivity index (χ0n) is 12.4. The van der Waals surface area contributed by atoms with Crippen LogP contribution >= 0.6 is 11.9 Å². The van der Waals surface area contributed by atoms with Crippen molar-refractivity contribution in [3.05, 3.63) is 58.9 Å². The molecule has 0 unspecified atom stereocenters. The molecule has 114 valence electrons.